The summed E-state index contributed by atoms with van der Waals surface area (Å²) in [6.07, 6.45) is 0. The van der Waals surface area contributed by atoms with Gasteiger partial charge in [-0.1, -0.05) is 23.7 Å². The zero-order valence-electron chi connectivity index (χ0n) is 9.58. The van der Waals surface area contributed by atoms with E-state index >= 15 is 0 Å². The Hall–Kier alpha value is -1.87. The minimum absolute atomic E-state index is 0.0210. The Balaban J connectivity index is 2.58. The van der Waals surface area contributed by atoms with E-state index in [1.54, 1.807) is 18.2 Å². The first kappa shape index (κ1) is 12.6. The Kier molecular flexibility index (Phi) is 3.34. The molecule has 0 bridgehead atoms. The maximum Gasteiger partial charge on any atom is 0.335 e. The van der Waals surface area contributed by atoms with Crippen molar-refractivity contribution in [3.63, 3.8) is 0 Å². The second kappa shape index (κ2) is 4.78. The summed E-state index contributed by atoms with van der Waals surface area (Å²) in [5.74, 6) is -1.49. The molecular weight excluding hydrogens is 255 g/mol. The van der Waals surface area contributed by atoms with Crippen LogP contribution in [-0.4, -0.2) is 11.1 Å². The molecule has 0 radical (unpaired) electrons. The third-order valence-electron chi connectivity index (χ3n) is 2.72. The Bertz CT molecular complexity index is 623. The van der Waals surface area contributed by atoms with Crippen LogP contribution in [0, 0.1) is 12.7 Å². The molecule has 2 nitrogen and oxygen atoms in total. The zero-order chi connectivity index (χ0) is 13.3. The lowest BCUT2D eigenvalue weighted by Crippen LogP contribution is -1.97. The van der Waals surface area contributed by atoms with Crippen LogP contribution in [-0.2, 0) is 0 Å². The Morgan fingerprint density at radius 2 is 1.94 bits per heavy atom. The summed E-state index contributed by atoms with van der Waals surface area (Å²) in [5, 5.41) is 8.98. The van der Waals surface area contributed by atoms with E-state index in [4.69, 9.17) is 16.7 Å². The quantitative estimate of drug-likeness (QED) is 0.885. The molecule has 92 valence electrons. The number of benzene rings is 2. The number of rotatable bonds is 2. The van der Waals surface area contributed by atoms with E-state index in [2.05, 4.69) is 0 Å². The van der Waals surface area contributed by atoms with E-state index in [0.717, 1.165) is 11.1 Å². The predicted molar refractivity (Wildman–Crippen MR) is 68.5 cm³/mol. The van der Waals surface area contributed by atoms with E-state index in [-0.39, 0.29) is 10.6 Å². The Morgan fingerprint density at radius 3 is 2.56 bits per heavy atom. The summed E-state index contributed by atoms with van der Waals surface area (Å²) in [6.45, 7) is 1.86. The molecule has 0 aromatic heterocycles. The highest BCUT2D eigenvalue weighted by atomic mass is 35.5. The molecule has 0 unspecified atom stereocenters. The fraction of sp³-hybridized carbons (Fsp3) is 0.0714. The van der Waals surface area contributed by atoms with Gasteiger partial charge in [-0.3, -0.25) is 0 Å². The second-order valence-electron chi connectivity index (χ2n) is 3.96. The lowest BCUT2D eigenvalue weighted by molar-refractivity contribution is 0.0697. The lowest BCUT2D eigenvalue weighted by atomic mass is 9.98. The van der Waals surface area contributed by atoms with Crippen LogP contribution in [0.2, 0.25) is 5.02 Å². The number of hydrogen-bond acceptors (Lipinski definition) is 1. The van der Waals surface area contributed by atoms with Crippen LogP contribution in [0.25, 0.3) is 11.1 Å². The van der Waals surface area contributed by atoms with Crippen molar-refractivity contribution in [1.82, 2.24) is 0 Å². The third kappa shape index (κ3) is 2.36. The summed E-state index contributed by atoms with van der Waals surface area (Å²) in [4.78, 5) is 10.9. The smallest absolute Gasteiger partial charge is 0.335 e. The van der Waals surface area contributed by atoms with Gasteiger partial charge in [0.25, 0.3) is 0 Å². The average Bonchev–Trinajstić information content (AvgIpc) is 2.33. The van der Waals surface area contributed by atoms with Crippen LogP contribution in [0.15, 0.2) is 36.4 Å². The average molecular weight is 265 g/mol. The maximum atomic E-state index is 13.1. The van der Waals surface area contributed by atoms with Crippen LogP contribution >= 0.6 is 11.6 Å². The molecular formula is C14H10ClFO2. The van der Waals surface area contributed by atoms with Gasteiger partial charge in [-0.25, -0.2) is 9.18 Å². The second-order valence-corrected chi connectivity index (χ2v) is 4.37. The molecule has 0 heterocycles. The van der Waals surface area contributed by atoms with Gasteiger partial charge in [-0.15, -0.1) is 0 Å². The van der Waals surface area contributed by atoms with Gasteiger partial charge in [-0.05, 0) is 47.9 Å². The molecule has 2 rings (SSSR count). The van der Waals surface area contributed by atoms with Gasteiger partial charge < -0.3 is 5.11 Å². The van der Waals surface area contributed by atoms with Gasteiger partial charge in [0.05, 0.1) is 10.6 Å². The number of aryl methyl sites for hydroxylation is 1. The van der Waals surface area contributed by atoms with E-state index < -0.39 is 11.8 Å². The number of aromatic carboxylic acids is 1. The van der Waals surface area contributed by atoms with Gasteiger partial charge in [0, 0.05) is 0 Å². The fourth-order valence-corrected chi connectivity index (χ4v) is 1.91. The minimum Gasteiger partial charge on any atom is -0.478 e. The largest absolute Gasteiger partial charge is 0.478 e. The molecule has 18 heavy (non-hydrogen) atoms. The van der Waals surface area contributed by atoms with E-state index in [0.29, 0.717) is 5.56 Å². The molecule has 0 aliphatic heterocycles. The van der Waals surface area contributed by atoms with Gasteiger partial charge in [0.15, 0.2) is 0 Å². The van der Waals surface area contributed by atoms with Crippen molar-refractivity contribution < 1.29 is 14.3 Å². The lowest BCUT2D eigenvalue weighted by Gasteiger charge is -2.08. The summed E-state index contributed by atoms with van der Waals surface area (Å²) in [7, 11) is 0. The van der Waals surface area contributed by atoms with Crippen LogP contribution in [0.5, 0.6) is 0 Å². The molecule has 1 N–H and O–H groups in total. The van der Waals surface area contributed by atoms with Crippen LogP contribution in [0.3, 0.4) is 0 Å². The molecule has 0 atom stereocenters. The van der Waals surface area contributed by atoms with E-state index in [1.165, 1.54) is 18.2 Å². The van der Waals surface area contributed by atoms with Crippen molar-refractivity contribution in [2.75, 3.05) is 0 Å². The molecule has 2 aromatic carbocycles. The molecule has 0 aliphatic rings. The molecule has 0 fully saturated rings. The highest BCUT2D eigenvalue weighted by Crippen LogP contribution is 2.28. The SMILES string of the molecule is Cc1ccc(C(=O)O)cc1-c1ccc(F)c(Cl)c1. The number of hydrogen-bond donors (Lipinski definition) is 1. The molecule has 0 saturated heterocycles. The van der Waals surface area contributed by atoms with Crippen molar-refractivity contribution in [3.05, 3.63) is 58.4 Å². The monoisotopic (exact) mass is 264 g/mol. The summed E-state index contributed by atoms with van der Waals surface area (Å²) in [5.41, 5.74) is 2.53. The third-order valence-corrected chi connectivity index (χ3v) is 3.00. The number of carboxylic acids is 1. The van der Waals surface area contributed by atoms with Crippen LogP contribution in [0.1, 0.15) is 15.9 Å². The van der Waals surface area contributed by atoms with E-state index in [9.17, 15) is 9.18 Å². The molecule has 0 spiro atoms. The first-order chi connectivity index (χ1) is 8.49. The first-order valence-corrected chi connectivity index (χ1v) is 5.66. The van der Waals surface area contributed by atoms with Gasteiger partial charge in [0.1, 0.15) is 5.82 Å². The molecule has 0 amide bonds. The zero-order valence-corrected chi connectivity index (χ0v) is 10.3. The summed E-state index contributed by atoms with van der Waals surface area (Å²) >= 11 is 5.73. The molecule has 0 aliphatic carbocycles. The standard InChI is InChI=1S/C14H10ClFO2/c1-8-2-3-10(14(17)18)6-11(8)9-4-5-13(16)12(15)7-9/h2-7H,1H3,(H,17,18). The predicted octanol–water partition coefficient (Wildman–Crippen LogP) is 4.15. The molecule has 2 aromatic rings. The van der Waals surface area contributed by atoms with Crippen molar-refractivity contribution in [2.24, 2.45) is 0 Å². The molecule has 4 heteroatoms. The van der Waals surface area contributed by atoms with E-state index in [1.807, 2.05) is 6.92 Å². The summed E-state index contributed by atoms with van der Waals surface area (Å²) < 4.78 is 13.1. The number of carboxylic acid groups (broad SMARTS) is 1. The van der Waals surface area contributed by atoms with Crippen molar-refractivity contribution in [2.45, 2.75) is 6.92 Å². The van der Waals surface area contributed by atoms with Gasteiger partial charge >= 0.3 is 5.97 Å². The van der Waals surface area contributed by atoms with Crippen molar-refractivity contribution in [1.29, 1.82) is 0 Å². The maximum absolute atomic E-state index is 13.1. The highest BCUT2D eigenvalue weighted by molar-refractivity contribution is 6.31. The Morgan fingerprint density at radius 1 is 1.22 bits per heavy atom. The number of halogens is 2. The fourth-order valence-electron chi connectivity index (χ4n) is 1.73. The normalized spacial score (nSPS) is 10.4. The van der Waals surface area contributed by atoms with Gasteiger partial charge in [-0.2, -0.15) is 0 Å². The first-order valence-electron chi connectivity index (χ1n) is 5.28. The topological polar surface area (TPSA) is 37.3 Å². The number of carbonyl (C=O) groups is 1. The Labute approximate surface area is 109 Å². The summed E-state index contributed by atoms with van der Waals surface area (Å²) in [6, 6.07) is 9.15. The highest BCUT2D eigenvalue weighted by Gasteiger charge is 2.09. The van der Waals surface area contributed by atoms with Gasteiger partial charge in [0.2, 0.25) is 0 Å². The van der Waals surface area contributed by atoms with Crippen molar-refractivity contribution >= 4 is 17.6 Å². The van der Waals surface area contributed by atoms with Crippen molar-refractivity contribution in [3.8, 4) is 11.1 Å². The van der Waals surface area contributed by atoms with Crippen LogP contribution < -0.4 is 0 Å². The minimum atomic E-state index is -0.996. The van der Waals surface area contributed by atoms with Crippen LogP contribution in [0.4, 0.5) is 4.39 Å². The molecule has 0 saturated carbocycles.